The van der Waals surface area contributed by atoms with Crippen molar-refractivity contribution in [1.29, 1.82) is 0 Å². The summed E-state index contributed by atoms with van der Waals surface area (Å²) in [6.45, 7) is 9.87. The van der Waals surface area contributed by atoms with Gasteiger partial charge >= 0.3 is 0 Å². The lowest BCUT2D eigenvalue weighted by Crippen LogP contribution is -2.46. The van der Waals surface area contributed by atoms with Gasteiger partial charge in [-0.05, 0) is 55.6 Å². The predicted molar refractivity (Wildman–Crippen MR) is 140 cm³/mol. The lowest BCUT2D eigenvalue weighted by Gasteiger charge is -2.35. The van der Waals surface area contributed by atoms with Crippen LogP contribution >= 0.6 is 22.9 Å². The number of aryl methyl sites for hydroxylation is 1. The van der Waals surface area contributed by atoms with E-state index in [4.69, 9.17) is 11.6 Å². The Labute approximate surface area is 208 Å². The maximum absolute atomic E-state index is 13.1. The van der Waals surface area contributed by atoms with Gasteiger partial charge in [-0.1, -0.05) is 18.5 Å². The van der Waals surface area contributed by atoms with E-state index >= 15 is 0 Å². The smallest absolute Gasteiger partial charge is 0.261 e. The molecule has 1 amide bonds. The zero-order chi connectivity index (χ0) is 23.7. The molecule has 0 bridgehead atoms. The number of fused-ring (bicyclic) bond motifs is 2. The third-order valence-electron chi connectivity index (χ3n) is 6.53. The van der Waals surface area contributed by atoms with Crippen molar-refractivity contribution in [3.63, 3.8) is 0 Å². The molecule has 0 saturated carbocycles. The minimum Gasteiger partial charge on any atom is -0.361 e. The van der Waals surface area contributed by atoms with Crippen LogP contribution in [-0.4, -0.2) is 65.0 Å². The number of nitrogens with zero attached hydrogens (tertiary/aromatic N) is 4. The van der Waals surface area contributed by atoms with E-state index in [1.54, 1.807) is 6.33 Å². The third kappa shape index (κ3) is 4.50. The molecule has 0 radical (unpaired) electrons. The van der Waals surface area contributed by atoms with Crippen LogP contribution in [0.25, 0.3) is 21.1 Å². The average molecular weight is 497 g/mol. The molecule has 4 heterocycles. The van der Waals surface area contributed by atoms with E-state index in [-0.39, 0.29) is 5.91 Å². The van der Waals surface area contributed by atoms with Gasteiger partial charge in [-0.15, -0.1) is 11.3 Å². The van der Waals surface area contributed by atoms with Crippen molar-refractivity contribution in [3.05, 3.63) is 51.7 Å². The molecule has 1 saturated heterocycles. The fraction of sp³-hybridized carbons (Fsp3) is 0.400. The molecule has 0 spiro atoms. The minimum absolute atomic E-state index is 0.0583. The monoisotopic (exact) mass is 496 g/mol. The number of benzene rings is 1. The van der Waals surface area contributed by atoms with Gasteiger partial charge in [0, 0.05) is 54.8 Å². The highest BCUT2D eigenvalue weighted by atomic mass is 35.5. The number of aromatic nitrogens is 3. The first-order chi connectivity index (χ1) is 16.5. The Morgan fingerprint density at radius 1 is 1.24 bits per heavy atom. The molecule has 1 aliphatic heterocycles. The van der Waals surface area contributed by atoms with Crippen LogP contribution in [0.3, 0.4) is 0 Å². The molecule has 2 N–H and O–H groups in total. The van der Waals surface area contributed by atoms with Crippen LogP contribution in [0.4, 0.5) is 5.82 Å². The molecule has 1 fully saturated rings. The van der Waals surface area contributed by atoms with Crippen LogP contribution in [0.1, 0.15) is 34.1 Å². The molecule has 4 aromatic rings. The third-order valence-corrected chi connectivity index (χ3v) is 7.97. The van der Waals surface area contributed by atoms with Gasteiger partial charge in [0.1, 0.15) is 17.0 Å². The summed E-state index contributed by atoms with van der Waals surface area (Å²) in [5.41, 5.74) is 3.15. The quantitative estimate of drug-likeness (QED) is 0.390. The molecular formula is C25H29ClN6OS. The number of H-pyrrole nitrogens is 1. The number of amides is 1. The zero-order valence-electron chi connectivity index (χ0n) is 19.5. The van der Waals surface area contributed by atoms with Crippen LogP contribution in [0.5, 0.6) is 0 Å². The Hall–Kier alpha value is -2.68. The Morgan fingerprint density at radius 3 is 2.85 bits per heavy atom. The maximum atomic E-state index is 13.1. The average Bonchev–Trinajstić information content (AvgIpc) is 3.40. The van der Waals surface area contributed by atoms with Crippen LogP contribution in [0.15, 0.2) is 30.7 Å². The lowest BCUT2D eigenvalue weighted by atomic mass is 10.1. The first-order valence-corrected chi connectivity index (χ1v) is 13.0. The number of piperazine rings is 1. The van der Waals surface area contributed by atoms with E-state index in [0.717, 1.165) is 77.2 Å². The number of anilines is 1. The van der Waals surface area contributed by atoms with Crippen LogP contribution in [-0.2, 0) is 6.42 Å². The molecule has 3 aromatic heterocycles. The second-order valence-electron chi connectivity index (χ2n) is 8.77. The first kappa shape index (κ1) is 23.1. The van der Waals surface area contributed by atoms with Crippen molar-refractivity contribution in [1.82, 2.24) is 25.2 Å². The Kier molecular flexibility index (Phi) is 6.72. The number of rotatable bonds is 7. The van der Waals surface area contributed by atoms with Gasteiger partial charge < -0.3 is 15.2 Å². The molecular weight excluding hydrogens is 468 g/mol. The molecule has 5 rings (SSSR count). The molecule has 0 unspecified atom stereocenters. The van der Waals surface area contributed by atoms with Gasteiger partial charge in [0.2, 0.25) is 0 Å². The van der Waals surface area contributed by atoms with Crippen molar-refractivity contribution < 1.29 is 4.79 Å². The first-order valence-electron chi connectivity index (χ1n) is 11.8. The summed E-state index contributed by atoms with van der Waals surface area (Å²) >= 11 is 7.61. The highest BCUT2D eigenvalue weighted by Crippen LogP contribution is 2.35. The Balaban J connectivity index is 1.30. The molecule has 0 aliphatic carbocycles. The summed E-state index contributed by atoms with van der Waals surface area (Å²) in [6.07, 6.45) is 5.51. The van der Waals surface area contributed by atoms with Crippen molar-refractivity contribution in [2.45, 2.75) is 26.7 Å². The number of halogens is 1. The number of carbonyl (C=O) groups excluding carboxylic acids is 1. The van der Waals surface area contributed by atoms with Crippen molar-refractivity contribution in [2.75, 3.05) is 44.2 Å². The zero-order valence-corrected chi connectivity index (χ0v) is 21.1. The summed E-state index contributed by atoms with van der Waals surface area (Å²) in [6, 6.07) is 5.81. The SMILES string of the molecule is CCCN1CCN(c2ncnc3sc(C(=O)NCCc4c[nH]c5ccc(Cl)cc45)c(C)c23)CC1. The fourth-order valence-electron chi connectivity index (χ4n) is 4.76. The van der Waals surface area contributed by atoms with Gasteiger partial charge in [0.05, 0.1) is 10.3 Å². The largest absolute Gasteiger partial charge is 0.361 e. The summed E-state index contributed by atoms with van der Waals surface area (Å²) in [5, 5.41) is 5.91. The highest BCUT2D eigenvalue weighted by Gasteiger charge is 2.24. The highest BCUT2D eigenvalue weighted by molar-refractivity contribution is 7.20. The molecule has 34 heavy (non-hydrogen) atoms. The van der Waals surface area contributed by atoms with Crippen LogP contribution in [0.2, 0.25) is 5.02 Å². The standard InChI is InChI=1S/C25H29ClN6OS/c1-3-8-31-9-11-32(12-10-31)23-21-16(2)22(34-25(21)30-15-29-23)24(33)27-7-6-17-14-28-20-5-4-18(26)13-19(17)20/h4-5,13-15,28H,3,6-12H2,1-2H3,(H,27,33). The molecule has 7 nitrogen and oxygen atoms in total. The molecule has 1 aliphatic rings. The second kappa shape index (κ2) is 9.90. The number of carbonyl (C=O) groups is 1. The van der Waals surface area contributed by atoms with E-state index in [1.807, 2.05) is 31.3 Å². The summed E-state index contributed by atoms with van der Waals surface area (Å²) < 4.78 is 0. The van der Waals surface area contributed by atoms with E-state index < -0.39 is 0 Å². The number of thiophene rings is 1. The Morgan fingerprint density at radius 2 is 2.06 bits per heavy atom. The van der Waals surface area contributed by atoms with Crippen molar-refractivity contribution in [3.8, 4) is 0 Å². The normalized spacial score (nSPS) is 14.9. The van der Waals surface area contributed by atoms with Gasteiger partial charge in [-0.3, -0.25) is 9.69 Å². The van der Waals surface area contributed by atoms with Crippen LogP contribution in [0, 0.1) is 6.92 Å². The summed E-state index contributed by atoms with van der Waals surface area (Å²) in [5.74, 6) is 0.890. The minimum atomic E-state index is -0.0583. The van der Waals surface area contributed by atoms with Gasteiger partial charge in [-0.2, -0.15) is 0 Å². The van der Waals surface area contributed by atoms with Gasteiger partial charge in [0.15, 0.2) is 0 Å². The van der Waals surface area contributed by atoms with Gasteiger partial charge in [-0.25, -0.2) is 9.97 Å². The number of aromatic amines is 1. The molecule has 178 valence electrons. The summed E-state index contributed by atoms with van der Waals surface area (Å²) in [4.78, 5) is 31.9. The topological polar surface area (TPSA) is 77.2 Å². The molecule has 9 heteroatoms. The van der Waals surface area contributed by atoms with E-state index in [1.165, 1.54) is 17.8 Å². The fourth-order valence-corrected chi connectivity index (χ4v) is 5.99. The predicted octanol–water partition coefficient (Wildman–Crippen LogP) is 4.64. The van der Waals surface area contributed by atoms with Crippen molar-refractivity contribution in [2.24, 2.45) is 0 Å². The summed E-state index contributed by atoms with van der Waals surface area (Å²) in [7, 11) is 0. The maximum Gasteiger partial charge on any atom is 0.261 e. The van der Waals surface area contributed by atoms with E-state index in [9.17, 15) is 4.79 Å². The number of hydrogen-bond donors (Lipinski definition) is 2. The number of hydrogen-bond acceptors (Lipinski definition) is 6. The lowest BCUT2D eigenvalue weighted by molar-refractivity contribution is 0.0957. The molecule has 0 atom stereocenters. The Bertz CT molecular complexity index is 1320. The van der Waals surface area contributed by atoms with E-state index in [0.29, 0.717) is 16.4 Å². The second-order valence-corrected chi connectivity index (χ2v) is 10.2. The van der Waals surface area contributed by atoms with Crippen molar-refractivity contribution >= 4 is 55.8 Å². The van der Waals surface area contributed by atoms with Crippen LogP contribution < -0.4 is 10.2 Å². The number of nitrogens with one attached hydrogen (secondary N) is 2. The molecule has 1 aromatic carbocycles. The van der Waals surface area contributed by atoms with Gasteiger partial charge in [0.25, 0.3) is 5.91 Å². The van der Waals surface area contributed by atoms with E-state index in [2.05, 4.69) is 37.0 Å².